The largest absolute Gasteiger partial charge is 0.478 e. The van der Waals surface area contributed by atoms with Crippen molar-refractivity contribution in [2.24, 2.45) is 4.99 Å². The van der Waals surface area contributed by atoms with E-state index < -0.39 is 5.97 Å². The maximum atomic E-state index is 11.5. The summed E-state index contributed by atoms with van der Waals surface area (Å²) in [5, 5.41) is 9.40. The van der Waals surface area contributed by atoms with Crippen LogP contribution in [0.25, 0.3) is 0 Å². The van der Waals surface area contributed by atoms with E-state index in [1.165, 1.54) is 0 Å². The molecule has 2 aromatic carbocycles. The molecule has 0 spiro atoms. The van der Waals surface area contributed by atoms with Crippen LogP contribution in [0.3, 0.4) is 0 Å². The smallest absolute Gasteiger partial charge is 0.336 e. The molecule has 0 radical (unpaired) electrons. The van der Waals surface area contributed by atoms with Crippen molar-refractivity contribution < 1.29 is 9.90 Å². The Morgan fingerprint density at radius 2 is 1.59 bits per heavy atom. The van der Waals surface area contributed by atoms with Crippen molar-refractivity contribution in [1.82, 2.24) is 0 Å². The molecule has 0 unspecified atom stereocenters. The highest BCUT2D eigenvalue weighted by molar-refractivity contribution is 6.09. The quantitative estimate of drug-likeness (QED) is 0.571. The maximum absolute atomic E-state index is 11.5. The standard InChI is InChI=1S/C19H21NO2/c1-2-3-5-14-18(20-15-10-6-4-7-11-15)16-12-8-9-13-17(16)19(21)22/h4,6-13H,2-3,5,14H2,1H3,(H,21,22). The number of rotatable bonds is 7. The molecule has 3 heteroatoms. The Balaban J connectivity index is 2.40. The fourth-order valence-electron chi connectivity index (χ4n) is 2.37. The van der Waals surface area contributed by atoms with E-state index in [-0.39, 0.29) is 0 Å². The number of carboxylic acids is 1. The summed E-state index contributed by atoms with van der Waals surface area (Å²) in [6.45, 7) is 2.15. The van der Waals surface area contributed by atoms with Crippen molar-refractivity contribution in [3.8, 4) is 0 Å². The molecule has 2 rings (SSSR count). The number of aliphatic imine (C=N–C) groups is 1. The molecule has 0 heterocycles. The molecule has 0 aliphatic heterocycles. The van der Waals surface area contributed by atoms with Gasteiger partial charge in [-0.15, -0.1) is 0 Å². The maximum Gasteiger partial charge on any atom is 0.336 e. The molecule has 0 aliphatic carbocycles. The van der Waals surface area contributed by atoms with Crippen LogP contribution in [0.5, 0.6) is 0 Å². The van der Waals surface area contributed by atoms with Crippen LogP contribution < -0.4 is 0 Å². The van der Waals surface area contributed by atoms with Gasteiger partial charge < -0.3 is 5.11 Å². The van der Waals surface area contributed by atoms with E-state index in [9.17, 15) is 9.90 Å². The first-order valence-corrected chi connectivity index (χ1v) is 7.67. The number of benzene rings is 2. The monoisotopic (exact) mass is 295 g/mol. The van der Waals surface area contributed by atoms with E-state index in [4.69, 9.17) is 4.99 Å². The second-order valence-corrected chi connectivity index (χ2v) is 5.20. The Bertz CT molecular complexity index is 647. The first kappa shape index (κ1) is 16.0. The number of para-hydroxylation sites is 1. The van der Waals surface area contributed by atoms with Crippen LogP contribution in [0.1, 0.15) is 48.5 Å². The minimum atomic E-state index is -0.910. The van der Waals surface area contributed by atoms with Crippen molar-refractivity contribution in [3.63, 3.8) is 0 Å². The molecule has 0 amide bonds. The molecule has 2 aromatic rings. The molecule has 0 aliphatic rings. The van der Waals surface area contributed by atoms with E-state index in [1.54, 1.807) is 12.1 Å². The zero-order valence-corrected chi connectivity index (χ0v) is 12.8. The molecule has 0 saturated heterocycles. The fourth-order valence-corrected chi connectivity index (χ4v) is 2.37. The van der Waals surface area contributed by atoms with E-state index >= 15 is 0 Å². The lowest BCUT2D eigenvalue weighted by atomic mass is 9.98. The number of carboxylic acid groups (broad SMARTS) is 1. The highest BCUT2D eigenvalue weighted by Gasteiger charge is 2.14. The SMILES string of the molecule is CCCCCC(=Nc1ccccc1)c1ccccc1C(=O)O. The van der Waals surface area contributed by atoms with Crippen molar-refractivity contribution >= 4 is 17.4 Å². The average molecular weight is 295 g/mol. The zero-order chi connectivity index (χ0) is 15.8. The van der Waals surface area contributed by atoms with E-state index in [0.29, 0.717) is 5.56 Å². The van der Waals surface area contributed by atoms with E-state index in [2.05, 4.69) is 6.92 Å². The van der Waals surface area contributed by atoms with Gasteiger partial charge in [0.15, 0.2) is 0 Å². The van der Waals surface area contributed by atoms with Gasteiger partial charge in [0.25, 0.3) is 0 Å². The second-order valence-electron chi connectivity index (χ2n) is 5.20. The van der Waals surface area contributed by atoms with Crippen molar-refractivity contribution in [2.45, 2.75) is 32.6 Å². The van der Waals surface area contributed by atoms with Crippen LogP contribution in [0.4, 0.5) is 5.69 Å². The zero-order valence-electron chi connectivity index (χ0n) is 12.8. The Morgan fingerprint density at radius 3 is 2.23 bits per heavy atom. The molecule has 0 fully saturated rings. The Hall–Kier alpha value is -2.42. The summed E-state index contributed by atoms with van der Waals surface area (Å²) in [7, 11) is 0. The molecule has 1 N–H and O–H groups in total. The highest BCUT2D eigenvalue weighted by Crippen LogP contribution is 2.19. The van der Waals surface area contributed by atoms with Gasteiger partial charge in [-0.05, 0) is 31.0 Å². The average Bonchev–Trinajstić information content (AvgIpc) is 2.55. The van der Waals surface area contributed by atoms with Gasteiger partial charge in [-0.2, -0.15) is 0 Å². The minimum Gasteiger partial charge on any atom is -0.478 e. The molecule has 0 aromatic heterocycles. The van der Waals surface area contributed by atoms with Crippen molar-refractivity contribution in [2.75, 3.05) is 0 Å². The van der Waals surface area contributed by atoms with Crippen LogP contribution >= 0.6 is 0 Å². The Labute approximate surface area is 131 Å². The molecule has 114 valence electrons. The van der Waals surface area contributed by atoms with Crippen LogP contribution in [-0.2, 0) is 0 Å². The third-order valence-electron chi connectivity index (χ3n) is 3.51. The van der Waals surface area contributed by atoms with Crippen molar-refractivity contribution in [1.29, 1.82) is 0 Å². The number of hydrogen-bond acceptors (Lipinski definition) is 2. The van der Waals surface area contributed by atoms with Gasteiger partial charge in [0.2, 0.25) is 0 Å². The first-order valence-electron chi connectivity index (χ1n) is 7.67. The number of carbonyl (C=O) groups is 1. The molecular formula is C19H21NO2. The van der Waals surface area contributed by atoms with Gasteiger partial charge >= 0.3 is 5.97 Å². The Morgan fingerprint density at radius 1 is 0.955 bits per heavy atom. The van der Waals surface area contributed by atoms with Crippen molar-refractivity contribution in [3.05, 3.63) is 65.7 Å². The number of hydrogen-bond donors (Lipinski definition) is 1. The molecule has 22 heavy (non-hydrogen) atoms. The topological polar surface area (TPSA) is 49.7 Å². The predicted octanol–water partition coefficient (Wildman–Crippen LogP) is 5.09. The van der Waals surface area contributed by atoms with Crippen LogP contribution in [0.15, 0.2) is 59.6 Å². The van der Waals surface area contributed by atoms with Gasteiger partial charge in [-0.3, -0.25) is 4.99 Å². The fraction of sp³-hybridized carbons (Fsp3) is 0.263. The lowest BCUT2D eigenvalue weighted by Gasteiger charge is -2.10. The van der Waals surface area contributed by atoms with Gasteiger partial charge in [-0.1, -0.05) is 56.2 Å². The second kappa shape index (κ2) is 8.13. The molecular weight excluding hydrogens is 274 g/mol. The summed E-state index contributed by atoms with van der Waals surface area (Å²) in [5.74, 6) is -0.910. The summed E-state index contributed by atoms with van der Waals surface area (Å²) in [6, 6.07) is 16.8. The van der Waals surface area contributed by atoms with E-state index in [1.807, 2.05) is 42.5 Å². The Kier molecular flexibility index (Phi) is 5.90. The normalized spacial score (nSPS) is 11.4. The third-order valence-corrected chi connectivity index (χ3v) is 3.51. The van der Waals surface area contributed by atoms with Gasteiger partial charge in [0.05, 0.1) is 11.3 Å². The summed E-state index contributed by atoms with van der Waals surface area (Å²) in [4.78, 5) is 16.2. The molecule has 0 bridgehead atoms. The molecule has 0 atom stereocenters. The number of unbranched alkanes of at least 4 members (excludes halogenated alkanes) is 2. The van der Waals surface area contributed by atoms with Gasteiger partial charge in [0, 0.05) is 11.3 Å². The predicted molar refractivity (Wildman–Crippen MR) is 90.2 cm³/mol. The molecule has 0 saturated carbocycles. The number of nitrogens with zero attached hydrogens (tertiary/aromatic N) is 1. The minimum absolute atomic E-state index is 0.314. The van der Waals surface area contributed by atoms with Gasteiger partial charge in [0.1, 0.15) is 0 Å². The lowest BCUT2D eigenvalue weighted by Crippen LogP contribution is -2.09. The van der Waals surface area contributed by atoms with Crippen LogP contribution in [0, 0.1) is 0 Å². The number of aromatic carboxylic acids is 1. The third kappa shape index (κ3) is 4.29. The van der Waals surface area contributed by atoms with Crippen LogP contribution in [-0.4, -0.2) is 16.8 Å². The van der Waals surface area contributed by atoms with Gasteiger partial charge in [-0.25, -0.2) is 4.79 Å². The van der Waals surface area contributed by atoms with E-state index in [0.717, 1.165) is 42.6 Å². The summed E-state index contributed by atoms with van der Waals surface area (Å²) in [6.07, 6.45) is 4.03. The molecule has 3 nitrogen and oxygen atoms in total. The first-order chi connectivity index (χ1) is 10.7. The summed E-state index contributed by atoms with van der Waals surface area (Å²) < 4.78 is 0. The lowest BCUT2D eigenvalue weighted by molar-refractivity contribution is 0.0696. The summed E-state index contributed by atoms with van der Waals surface area (Å²) in [5.41, 5.74) is 2.73. The summed E-state index contributed by atoms with van der Waals surface area (Å²) >= 11 is 0. The highest BCUT2D eigenvalue weighted by atomic mass is 16.4. The van der Waals surface area contributed by atoms with Crippen LogP contribution in [0.2, 0.25) is 0 Å².